The molecule has 1 aliphatic rings. The van der Waals surface area contributed by atoms with Gasteiger partial charge in [0.2, 0.25) is 0 Å². The Labute approximate surface area is 161 Å². The molecule has 4 rings (SSSR count). The molecule has 1 saturated heterocycles. The highest BCUT2D eigenvalue weighted by Crippen LogP contribution is 2.33. The van der Waals surface area contributed by atoms with E-state index in [0.29, 0.717) is 18.7 Å². The zero-order chi connectivity index (χ0) is 19.5. The molecule has 3 aromatic rings. The van der Waals surface area contributed by atoms with Gasteiger partial charge in [-0.15, -0.1) is 0 Å². The van der Waals surface area contributed by atoms with Gasteiger partial charge in [0.15, 0.2) is 0 Å². The van der Waals surface area contributed by atoms with Gasteiger partial charge in [-0.2, -0.15) is 5.10 Å². The molecule has 8 heteroatoms. The lowest BCUT2D eigenvalue weighted by atomic mass is 9.90. The molecular formula is C20H20FN5O2. The number of carbonyl (C=O) groups is 1. The largest absolute Gasteiger partial charge is 0.467 e. The van der Waals surface area contributed by atoms with Crippen molar-refractivity contribution in [1.29, 1.82) is 0 Å². The Morgan fingerprint density at radius 2 is 1.96 bits per heavy atom. The molecule has 0 bridgehead atoms. The molecule has 3 heterocycles. The smallest absolute Gasteiger partial charge is 0.316 e. The maximum Gasteiger partial charge on any atom is 0.316 e. The van der Waals surface area contributed by atoms with E-state index in [4.69, 9.17) is 4.74 Å². The standard InChI is InChI=1S/C20H20FN5O2/c1-28-20-22-9-15(10-23-20)19(27)26-8-2-3-14(12-26)18-17(11-24-25-18)13-4-6-16(21)7-5-13/h4-7,9-11,14H,2-3,8,12H2,1H3,(H,24,25). The number of likely N-dealkylation sites (tertiary alicyclic amines) is 1. The molecule has 1 unspecified atom stereocenters. The summed E-state index contributed by atoms with van der Waals surface area (Å²) in [6.45, 7) is 1.25. The number of piperidine rings is 1. The Morgan fingerprint density at radius 1 is 1.21 bits per heavy atom. The summed E-state index contributed by atoms with van der Waals surface area (Å²) in [6.07, 6.45) is 6.55. The summed E-state index contributed by atoms with van der Waals surface area (Å²) >= 11 is 0. The number of nitrogens with one attached hydrogen (secondary N) is 1. The van der Waals surface area contributed by atoms with Gasteiger partial charge in [0.1, 0.15) is 5.82 Å². The SMILES string of the molecule is COc1ncc(C(=O)N2CCCC(c3[nH]ncc3-c3ccc(F)cc3)C2)cn1. The molecular weight excluding hydrogens is 361 g/mol. The van der Waals surface area contributed by atoms with Gasteiger partial charge in [-0.25, -0.2) is 14.4 Å². The number of benzene rings is 1. The fourth-order valence-corrected chi connectivity index (χ4v) is 3.58. The molecule has 0 spiro atoms. The van der Waals surface area contributed by atoms with E-state index in [0.717, 1.165) is 29.7 Å². The minimum atomic E-state index is -0.273. The van der Waals surface area contributed by atoms with Crippen LogP contribution in [0, 0.1) is 5.82 Å². The first-order valence-electron chi connectivity index (χ1n) is 9.10. The number of H-pyrrole nitrogens is 1. The first kappa shape index (κ1) is 18.1. The number of halogens is 1. The van der Waals surface area contributed by atoms with E-state index in [1.807, 2.05) is 4.90 Å². The van der Waals surface area contributed by atoms with Crippen LogP contribution in [0.2, 0.25) is 0 Å². The fraction of sp³-hybridized carbons (Fsp3) is 0.300. The molecule has 28 heavy (non-hydrogen) atoms. The summed E-state index contributed by atoms with van der Waals surface area (Å²) in [5, 5.41) is 7.27. The Balaban J connectivity index is 1.53. The number of nitrogens with zero attached hydrogens (tertiary/aromatic N) is 4. The van der Waals surface area contributed by atoms with Crippen LogP contribution < -0.4 is 4.74 Å². The quantitative estimate of drug-likeness (QED) is 0.751. The van der Waals surface area contributed by atoms with Crippen molar-refractivity contribution in [3.63, 3.8) is 0 Å². The molecule has 1 aliphatic heterocycles. The molecule has 2 aromatic heterocycles. The maximum absolute atomic E-state index is 13.2. The summed E-state index contributed by atoms with van der Waals surface area (Å²) in [6, 6.07) is 6.59. The van der Waals surface area contributed by atoms with E-state index >= 15 is 0 Å². The number of amides is 1. The van der Waals surface area contributed by atoms with Crippen LogP contribution in [0.15, 0.2) is 42.9 Å². The number of aromatic nitrogens is 4. The van der Waals surface area contributed by atoms with Crippen molar-refractivity contribution in [2.24, 2.45) is 0 Å². The molecule has 0 radical (unpaired) electrons. The van der Waals surface area contributed by atoms with Crippen LogP contribution in [-0.2, 0) is 0 Å². The average Bonchev–Trinajstić information content (AvgIpc) is 3.24. The molecule has 144 valence electrons. The molecule has 1 fully saturated rings. The summed E-state index contributed by atoms with van der Waals surface area (Å²) in [4.78, 5) is 22.7. The minimum absolute atomic E-state index is 0.102. The lowest BCUT2D eigenvalue weighted by molar-refractivity contribution is 0.0705. The van der Waals surface area contributed by atoms with Crippen molar-refractivity contribution in [1.82, 2.24) is 25.1 Å². The lowest BCUT2D eigenvalue weighted by Gasteiger charge is -2.32. The highest BCUT2D eigenvalue weighted by molar-refractivity contribution is 5.93. The molecule has 0 aliphatic carbocycles. The predicted molar refractivity (Wildman–Crippen MR) is 100 cm³/mol. The third-order valence-corrected chi connectivity index (χ3v) is 5.00. The highest BCUT2D eigenvalue weighted by Gasteiger charge is 2.28. The maximum atomic E-state index is 13.2. The van der Waals surface area contributed by atoms with Crippen LogP contribution in [0.4, 0.5) is 4.39 Å². The highest BCUT2D eigenvalue weighted by atomic mass is 19.1. The van der Waals surface area contributed by atoms with Gasteiger partial charge in [-0.1, -0.05) is 12.1 Å². The predicted octanol–water partition coefficient (Wildman–Crippen LogP) is 3.03. The van der Waals surface area contributed by atoms with Gasteiger partial charge < -0.3 is 9.64 Å². The summed E-state index contributed by atoms with van der Waals surface area (Å²) in [5.41, 5.74) is 3.24. The topological polar surface area (TPSA) is 84.0 Å². The molecule has 0 saturated carbocycles. The van der Waals surface area contributed by atoms with Crippen molar-refractivity contribution in [2.45, 2.75) is 18.8 Å². The zero-order valence-electron chi connectivity index (χ0n) is 15.4. The van der Waals surface area contributed by atoms with Gasteiger partial charge in [-0.05, 0) is 30.5 Å². The van der Waals surface area contributed by atoms with Gasteiger partial charge in [0.25, 0.3) is 5.91 Å². The fourth-order valence-electron chi connectivity index (χ4n) is 3.58. The van der Waals surface area contributed by atoms with Crippen molar-refractivity contribution >= 4 is 5.91 Å². The first-order valence-corrected chi connectivity index (χ1v) is 9.10. The molecule has 1 atom stereocenters. The van der Waals surface area contributed by atoms with Crippen molar-refractivity contribution < 1.29 is 13.9 Å². The number of methoxy groups -OCH3 is 1. The van der Waals surface area contributed by atoms with Crippen LogP contribution in [0.25, 0.3) is 11.1 Å². The van der Waals surface area contributed by atoms with E-state index in [1.165, 1.54) is 31.6 Å². The first-order chi connectivity index (χ1) is 13.7. The van der Waals surface area contributed by atoms with E-state index in [9.17, 15) is 9.18 Å². The van der Waals surface area contributed by atoms with Gasteiger partial charge >= 0.3 is 6.01 Å². The van der Waals surface area contributed by atoms with Gasteiger partial charge in [-0.3, -0.25) is 9.89 Å². The van der Waals surface area contributed by atoms with Crippen LogP contribution in [-0.4, -0.2) is 51.2 Å². The second kappa shape index (κ2) is 7.75. The van der Waals surface area contributed by atoms with E-state index < -0.39 is 0 Å². The average molecular weight is 381 g/mol. The summed E-state index contributed by atoms with van der Waals surface area (Å²) in [5.74, 6) is -0.250. The normalized spacial score (nSPS) is 16.8. The van der Waals surface area contributed by atoms with Crippen LogP contribution in [0.1, 0.15) is 34.8 Å². The molecule has 1 N–H and O–H groups in total. The zero-order valence-corrected chi connectivity index (χ0v) is 15.4. The van der Waals surface area contributed by atoms with Crippen LogP contribution >= 0.6 is 0 Å². The van der Waals surface area contributed by atoms with Gasteiger partial charge in [0, 0.05) is 42.7 Å². The van der Waals surface area contributed by atoms with E-state index in [-0.39, 0.29) is 23.7 Å². The van der Waals surface area contributed by atoms with Gasteiger partial charge in [0.05, 0.1) is 18.9 Å². The Kier molecular flexibility index (Phi) is 5.01. The number of hydrogen-bond donors (Lipinski definition) is 1. The number of rotatable bonds is 4. The molecule has 7 nitrogen and oxygen atoms in total. The van der Waals surface area contributed by atoms with Crippen molar-refractivity contribution in [3.05, 3.63) is 59.9 Å². The second-order valence-corrected chi connectivity index (χ2v) is 6.75. The molecule has 1 amide bonds. The number of aromatic amines is 1. The Hall–Kier alpha value is -3.29. The third kappa shape index (κ3) is 3.58. The summed E-state index contributed by atoms with van der Waals surface area (Å²) in [7, 11) is 1.48. The number of carbonyl (C=O) groups excluding carboxylic acids is 1. The monoisotopic (exact) mass is 381 g/mol. The van der Waals surface area contributed by atoms with Crippen molar-refractivity contribution in [3.8, 4) is 17.1 Å². The van der Waals surface area contributed by atoms with Crippen LogP contribution in [0.3, 0.4) is 0 Å². The van der Waals surface area contributed by atoms with Crippen LogP contribution in [0.5, 0.6) is 6.01 Å². The Bertz CT molecular complexity index is 955. The van der Waals surface area contributed by atoms with E-state index in [1.54, 1.807) is 18.3 Å². The third-order valence-electron chi connectivity index (χ3n) is 5.00. The molecule has 1 aromatic carbocycles. The lowest BCUT2D eigenvalue weighted by Crippen LogP contribution is -2.39. The van der Waals surface area contributed by atoms with E-state index in [2.05, 4.69) is 20.2 Å². The number of ether oxygens (including phenoxy) is 1. The Morgan fingerprint density at radius 3 is 2.68 bits per heavy atom. The number of hydrogen-bond acceptors (Lipinski definition) is 5. The van der Waals surface area contributed by atoms with Crippen molar-refractivity contribution in [2.75, 3.05) is 20.2 Å². The second-order valence-electron chi connectivity index (χ2n) is 6.75. The summed E-state index contributed by atoms with van der Waals surface area (Å²) < 4.78 is 18.2. The minimum Gasteiger partial charge on any atom is -0.467 e.